The van der Waals surface area contributed by atoms with Crippen LogP contribution in [0.1, 0.15) is 12.6 Å². The van der Waals surface area contributed by atoms with Crippen molar-refractivity contribution in [3.63, 3.8) is 0 Å². The van der Waals surface area contributed by atoms with Crippen LogP contribution in [0.4, 0.5) is 0 Å². The minimum atomic E-state index is -1.52. The highest BCUT2D eigenvalue weighted by Crippen LogP contribution is 2.26. The number of rotatable bonds is 2. The van der Waals surface area contributed by atoms with E-state index in [4.69, 9.17) is 22.4 Å². The number of halogens is 2. The highest BCUT2D eigenvalue weighted by atomic mass is 79.9. The summed E-state index contributed by atoms with van der Waals surface area (Å²) < 4.78 is 0.484. The van der Waals surface area contributed by atoms with Crippen molar-refractivity contribution in [2.45, 2.75) is 12.5 Å². The lowest BCUT2D eigenvalue weighted by Crippen LogP contribution is -2.42. The number of aliphatic carboxylic acids is 1. The minimum Gasteiger partial charge on any atom is -0.480 e. The van der Waals surface area contributed by atoms with Crippen LogP contribution < -0.4 is 5.73 Å². The van der Waals surface area contributed by atoms with Gasteiger partial charge in [-0.25, -0.2) is 4.79 Å². The Kier molecular flexibility index (Phi) is 3.14. The smallest absolute Gasteiger partial charge is 0.329 e. The van der Waals surface area contributed by atoms with E-state index in [2.05, 4.69) is 20.9 Å². The summed E-state index contributed by atoms with van der Waals surface area (Å²) in [6, 6.07) is 1.55. The highest BCUT2D eigenvalue weighted by molar-refractivity contribution is 9.10. The molecular formula is C8H8BrClN2O2. The van der Waals surface area contributed by atoms with Crippen molar-refractivity contribution in [1.82, 2.24) is 4.98 Å². The molecule has 1 atom stereocenters. The Morgan fingerprint density at radius 1 is 1.79 bits per heavy atom. The first kappa shape index (κ1) is 11.4. The molecule has 14 heavy (non-hydrogen) atoms. The average Bonchev–Trinajstić information content (AvgIpc) is 2.02. The van der Waals surface area contributed by atoms with Crippen molar-refractivity contribution in [2.24, 2.45) is 5.73 Å². The molecule has 76 valence electrons. The van der Waals surface area contributed by atoms with Crippen molar-refractivity contribution in [2.75, 3.05) is 0 Å². The van der Waals surface area contributed by atoms with E-state index in [0.29, 0.717) is 9.50 Å². The molecule has 3 N–H and O–H groups in total. The van der Waals surface area contributed by atoms with Crippen molar-refractivity contribution in [3.05, 3.63) is 27.5 Å². The van der Waals surface area contributed by atoms with E-state index in [1.54, 1.807) is 6.07 Å². The van der Waals surface area contributed by atoms with Crippen molar-refractivity contribution >= 4 is 33.5 Å². The van der Waals surface area contributed by atoms with E-state index in [0.717, 1.165) is 0 Å². The zero-order valence-corrected chi connectivity index (χ0v) is 9.63. The fraction of sp³-hybridized carbons (Fsp3) is 0.250. The first-order valence-corrected chi connectivity index (χ1v) is 4.86. The first-order chi connectivity index (χ1) is 6.35. The fourth-order valence-electron chi connectivity index (χ4n) is 0.898. The molecule has 1 aromatic heterocycles. The molecule has 0 aliphatic carbocycles. The Balaban J connectivity index is 3.26. The molecule has 0 aromatic carbocycles. The number of aromatic nitrogens is 1. The number of carboxylic acids is 1. The summed E-state index contributed by atoms with van der Waals surface area (Å²) in [6.45, 7) is 1.37. The van der Waals surface area contributed by atoms with Gasteiger partial charge in [0.2, 0.25) is 0 Å². The third-order valence-electron chi connectivity index (χ3n) is 1.74. The highest BCUT2D eigenvalue weighted by Gasteiger charge is 2.33. The van der Waals surface area contributed by atoms with E-state index >= 15 is 0 Å². The van der Waals surface area contributed by atoms with Gasteiger partial charge in [-0.05, 0) is 28.9 Å². The van der Waals surface area contributed by atoms with E-state index in [1.807, 2.05) is 0 Å². The van der Waals surface area contributed by atoms with E-state index in [9.17, 15) is 4.79 Å². The van der Waals surface area contributed by atoms with Gasteiger partial charge in [0.15, 0.2) is 5.54 Å². The number of hydrogen-bond donors (Lipinski definition) is 2. The maximum atomic E-state index is 10.8. The van der Waals surface area contributed by atoms with Crippen molar-refractivity contribution in [3.8, 4) is 0 Å². The van der Waals surface area contributed by atoms with Gasteiger partial charge in [-0.2, -0.15) is 0 Å². The second-order valence-corrected chi connectivity index (χ2v) is 4.28. The SMILES string of the molecule is C[C@](N)(C(=O)O)c1ncc(Cl)cc1Br. The second kappa shape index (κ2) is 3.84. The quantitative estimate of drug-likeness (QED) is 0.865. The largest absolute Gasteiger partial charge is 0.480 e. The van der Waals surface area contributed by atoms with Gasteiger partial charge in [-0.3, -0.25) is 4.98 Å². The van der Waals surface area contributed by atoms with Gasteiger partial charge in [-0.1, -0.05) is 11.6 Å². The number of nitrogens with zero attached hydrogens (tertiary/aromatic N) is 1. The average molecular weight is 280 g/mol. The Morgan fingerprint density at radius 3 is 2.79 bits per heavy atom. The summed E-state index contributed by atoms with van der Waals surface area (Å²) in [5.41, 5.74) is 4.32. The van der Waals surface area contributed by atoms with E-state index in [1.165, 1.54) is 13.1 Å². The zero-order valence-electron chi connectivity index (χ0n) is 7.29. The normalized spacial score (nSPS) is 14.9. The summed E-state index contributed by atoms with van der Waals surface area (Å²) >= 11 is 8.83. The van der Waals surface area contributed by atoms with Gasteiger partial charge in [0, 0.05) is 10.7 Å². The lowest BCUT2D eigenvalue weighted by molar-refractivity contribution is -0.143. The first-order valence-electron chi connectivity index (χ1n) is 3.69. The van der Waals surface area contributed by atoms with Crippen LogP contribution in [0.5, 0.6) is 0 Å². The molecule has 4 nitrogen and oxygen atoms in total. The van der Waals surface area contributed by atoms with Crippen LogP contribution in [-0.2, 0) is 10.3 Å². The molecule has 1 rings (SSSR count). The summed E-state index contributed by atoms with van der Waals surface area (Å²) in [5, 5.41) is 9.29. The molecule has 0 aliphatic heterocycles. The summed E-state index contributed by atoms with van der Waals surface area (Å²) in [7, 11) is 0. The Morgan fingerprint density at radius 2 is 2.36 bits per heavy atom. The standard InChI is InChI=1S/C8H8BrClN2O2/c1-8(11,7(13)14)6-5(9)2-4(10)3-12-6/h2-3H,11H2,1H3,(H,13,14)/t8-/m1/s1. The molecule has 6 heteroatoms. The third kappa shape index (κ3) is 2.05. The Labute approximate surface area is 94.2 Å². The topological polar surface area (TPSA) is 76.2 Å². The van der Waals surface area contributed by atoms with Crippen LogP contribution in [0.3, 0.4) is 0 Å². The van der Waals surface area contributed by atoms with Crippen LogP contribution in [-0.4, -0.2) is 16.1 Å². The summed E-state index contributed by atoms with van der Waals surface area (Å²) in [6.07, 6.45) is 1.36. The number of carbonyl (C=O) groups is 1. The van der Waals surface area contributed by atoms with E-state index < -0.39 is 11.5 Å². The summed E-state index contributed by atoms with van der Waals surface area (Å²) in [5.74, 6) is -1.15. The number of hydrogen-bond acceptors (Lipinski definition) is 3. The molecule has 0 spiro atoms. The van der Waals surface area contributed by atoms with Crippen LogP contribution in [0.2, 0.25) is 5.02 Å². The van der Waals surface area contributed by atoms with Crippen molar-refractivity contribution in [1.29, 1.82) is 0 Å². The second-order valence-electron chi connectivity index (χ2n) is 2.99. The number of nitrogens with two attached hydrogens (primary N) is 1. The maximum absolute atomic E-state index is 10.8. The molecule has 0 saturated carbocycles. The molecule has 0 amide bonds. The van der Waals surface area contributed by atoms with Gasteiger partial charge in [-0.15, -0.1) is 0 Å². The minimum absolute atomic E-state index is 0.245. The lowest BCUT2D eigenvalue weighted by atomic mass is 9.99. The van der Waals surface area contributed by atoms with Gasteiger partial charge < -0.3 is 10.8 Å². The van der Waals surface area contributed by atoms with Crippen LogP contribution in [0, 0.1) is 0 Å². The number of pyridine rings is 1. The molecule has 0 fully saturated rings. The summed E-state index contributed by atoms with van der Waals surface area (Å²) in [4.78, 5) is 14.7. The molecule has 0 saturated heterocycles. The predicted molar refractivity (Wildman–Crippen MR) is 56.1 cm³/mol. The predicted octanol–water partition coefficient (Wildman–Crippen LogP) is 1.76. The fourth-order valence-corrected chi connectivity index (χ4v) is 1.95. The molecule has 0 unspecified atom stereocenters. The third-order valence-corrected chi connectivity index (χ3v) is 2.56. The van der Waals surface area contributed by atoms with E-state index in [-0.39, 0.29) is 5.69 Å². The molecule has 0 aliphatic rings. The van der Waals surface area contributed by atoms with Crippen LogP contribution >= 0.6 is 27.5 Å². The molecule has 1 aromatic rings. The number of carboxylic acid groups (broad SMARTS) is 1. The zero-order chi connectivity index (χ0) is 10.9. The van der Waals surface area contributed by atoms with Crippen LogP contribution in [0.15, 0.2) is 16.7 Å². The lowest BCUT2D eigenvalue weighted by Gasteiger charge is -2.19. The van der Waals surface area contributed by atoms with Gasteiger partial charge >= 0.3 is 5.97 Å². The molecule has 0 bridgehead atoms. The Bertz CT molecular complexity index is 382. The molecule has 0 radical (unpaired) electrons. The van der Waals surface area contributed by atoms with Gasteiger partial charge in [0.1, 0.15) is 0 Å². The van der Waals surface area contributed by atoms with Crippen molar-refractivity contribution < 1.29 is 9.90 Å². The maximum Gasteiger partial charge on any atom is 0.329 e. The Hall–Kier alpha value is -0.650. The molecule has 1 heterocycles. The van der Waals surface area contributed by atoms with Gasteiger partial charge in [0.05, 0.1) is 10.7 Å². The van der Waals surface area contributed by atoms with Gasteiger partial charge in [0.25, 0.3) is 0 Å². The van der Waals surface area contributed by atoms with Crippen LogP contribution in [0.25, 0.3) is 0 Å². The molecular weight excluding hydrogens is 271 g/mol. The monoisotopic (exact) mass is 278 g/mol.